The molecule has 0 fully saturated rings. The smallest absolute Gasteiger partial charge is 0.261 e. The van der Waals surface area contributed by atoms with Crippen molar-refractivity contribution in [2.24, 2.45) is 0 Å². The fourth-order valence-corrected chi connectivity index (χ4v) is 3.40. The Labute approximate surface area is 180 Å². The lowest BCUT2D eigenvalue weighted by molar-refractivity contribution is -0.121. The molecule has 0 atom stereocenters. The van der Waals surface area contributed by atoms with Crippen LogP contribution in [0.25, 0.3) is 22.4 Å². The van der Waals surface area contributed by atoms with Gasteiger partial charge in [-0.05, 0) is 37.3 Å². The normalized spacial score (nSPS) is 11.0. The first-order valence-corrected chi connectivity index (χ1v) is 10.2. The van der Waals surface area contributed by atoms with Gasteiger partial charge in [-0.3, -0.25) is 14.2 Å². The van der Waals surface area contributed by atoms with Gasteiger partial charge in [-0.15, -0.1) is 0 Å². The van der Waals surface area contributed by atoms with Crippen molar-refractivity contribution in [2.75, 3.05) is 6.54 Å². The summed E-state index contributed by atoms with van der Waals surface area (Å²) in [6.07, 6.45) is 3.51. The second-order valence-corrected chi connectivity index (χ2v) is 7.86. The molecule has 4 rings (SSSR count). The van der Waals surface area contributed by atoms with Gasteiger partial charge < -0.3 is 9.73 Å². The molecule has 1 N–H and O–H groups in total. The summed E-state index contributed by atoms with van der Waals surface area (Å²) in [7, 11) is 0. The maximum atomic E-state index is 12.6. The van der Waals surface area contributed by atoms with Crippen LogP contribution in [0.15, 0.2) is 68.7 Å². The number of hydrogen-bond donors (Lipinski definition) is 1. The van der Waals surface area contributed by atoms with E-state index in [1.807, 2.05) is 37.3 Å². The summed E-state index contributed by atoms with van der Waals surface area (Å²) in [4.78, 5) is 33.5. The van der Waals surface area contributed by atoms with Crippen molar-refractivity contribution in [2.45, 2.75) is 19.9 Å². The molecule has 8 heteroatoms. The van der Waals surface area contributed by atoms with Gasteiger partial charge in [-0.1, -0.05) is 33.6 Å². The molecule has 0 aliphatic carbocycles. The lowest BCUT2D eigenvalue weighted by Gasteiger charge is -2.07. The maximum absolute atomic E-state index is 12.6. The van der Waals surface area contributed by atoms with Crippen molar-refractivity contribution < 1.29 is 9.21 Å². The van der Waals surface area contributed by atoms with Crippen LogP contribution in [-0.2, 0) is 17.8 Å². The molecule has 0 aliphatic heterocycles. The van der Waals surface area contributed by atoms with Gasteiger partial charge in [0, 0.05) is 23.0 Å². The fraction of sp³-hybridized carbons (Fsp3) is 0.182. The Bertz CT molecular complexity index is 1260. The van der Waals surface area contributed by atoms with Crippen LogP contribution in [0.1, 0.15) is 11.3 Å². The highest BCUT2D eigenvalue weighted by molar-refractivity contribution is 9.10. The average Bonchev–Trinajstić information content (AvgIpc) is 3.20. The third kappa shape index (κ3) is 4.49. The SMILES string of the molecule is Cc1ccc(-c2nc(CCNC(=O)Cn3cnc4ccc(Br)cc4c3=O)co2)cc1. The van der Waals surface area contributed by atoms with Gasteiger partial charge in [0.1, 0.15) is 12.8 Å². The quantitative estimate of drug-likeness (QED) is 0.469. The topological polar surface area (TPSA) is 90.0 Å². The highest BCUT2D eigenvalue weighted by Crippen LogP contribution is 2.19. The number of benzene rings is 2. The van der Waals surface area contributed by atoms with Crippen molar-refractivity contribution in [1.82, 2.24) is 19.9 Å². The van der Waals surface area contributed by atoms with Crippen molar-refractivity contribution in [1.29, 1.82) is 0 Å². The Balaban J connectivity index is 1.35. The summed E-state index contributed by atoms with van der Waals surface area (Å²) in [5.74, 6) is 0.284. The molecule has 0 bridgehead atoms. The van der Waals surface area contributed by atoms with Gasteiger partial charge in [0.05, 0.1) is 22.9 Å². The predicted molar refractivity (Wildman–Crippen MR) is 117 cm³/mol. The van der Waals surface area contributed by atoms with Crippen LogP contribution in [0.5, 0.6) is 0 Å². The lowest BCUT2D eigenvalue weighted by atomic mass is 10.1. The van der Waals surface area contributed by atoms with E-state index >= 15 is 0 Å². The molecule has 0 saturated carbocycles. The number of aromatic nitrogens is 3. The van der Waals surface area contributed by atoms with Crippen molar-refractivity contribution in [3.8, 4) is 11.5 Å². The van der Waals surface area contributed by atoms with Gasteiger partial charge in [-0.2, -0.15) is 0 Å². The minimum absolute atomic E-state index is 0.0955. The molecule has 0 radical (unpaired) electrons. The van der Waals surface area contributed by atoms with E-state index in [1.54, 1.807) is 18.4 Å². The lowest BCUT2D eigenvalue weighted by Crippen LogP contribution is -2.33. The zero-order valence-electron chi connectivity index (χ0n) is 16.3. The third-order valence-electron chi connectivity index (χ3n) is 4.65. The van der Waals surface area contributed by atoms with Crippen LogP contribution in [-0.4, -0.2) is 27.0 Å². The van der Waals surface area contributed by atoms with Crippen molar-refractivity contribution in [3.63, 3.8) is 0 Å². The minimum Gasteiger partial charge on any atom is -0.444 e. The summed E-state index contributed by atoms with van der Waals surface area (Å²) >= 11 is 3.35. The Morgan fingerprint density at radius 1 is 1.20 bits per heavy atom. The van der Waals surface area contributed by atoms with Gasteiger partial charge in [-0.25, -0.2) is 9.97 Å². The molecule has 1 amide bonds. The zero-order chi connectivity index (χ0) is 21.1. The third-order valence-corrected chi connectivity index (χ3v) is 5.15. The number of hydrogen-bond acceptors (Lipinski definition) is 5. The molecule has 30 heavy (non-hydrogen) atoms. The molecule has 0 unspecified atom stereocenters. The van der Waals surface area contributed by atoms with Crippen LogP contribution in [0.2, 0.25) is 0 Å². The van der Waals surface area contributed by atoms with Crippen LogP contribution in [0.3, 0.4) is 0 Å². The minimum atomic E-state index is -0.268. The summed E-state index contributed by atoms with van der Waals surface area (Å²) < 4.78 is 7.62. The molecule has 152 valence electrons. The standard InChI is InChI=1S/C22H19BrN4O3/c1-14-2-4-15(5-3-14)21-26-17(12-30-21)8-9-24-20(28)11-27-13-25-19-7-6-16(23)10-18(19)22(27)29/h2-7,10,12-13H,8-9,11H2,1H3,(H,24,28). The van der Waals surface area contributed by atoms with Crippen LogP contribution < -0.4 is 10.9 Å². The second kappa shape index (κ2) is 8.62. The van der Waals surface area contributed by atoms with Crippen LogP contribution in [0.4, 0.5) is 0 Å². The van der Waals surface area contributed by atoms with Gasteiger partial charge in [0.15, 0.2) is 0 Å². The maximum Gasteiger partial charge on any atom is 0.261 e. The summed E-state index contributed by atoms with van der Waals surface area (Å²) in [5.41, 5.74) is 3.17. The number of aryl methyl sites for hydroxylation is 1. The molecule has 2 heterocycles. The van der Waals surface area contributed by atoms with E-state index < -0.39 is 0 Å². The highest BCUT2D eigenvalue weighted by atomic mass is 79.9. The Kier molecular flexibility index (Phi) is 5.76. The van der Waals surface area contributed by atoms with Crippen LogP contribution >= 0.6 is 15.9 Å². The summed E-state index contributed by atoms with van der Waals surface area (Å²) in [5, 5.41) is 3.27. The number of oxazole rings is 1. The van der Waals surface area contributed by atoms with Crippen molar-refractivity contribution in [3.05, 3.63) is 81.1 Å². The number of halogens is 1. The fourth-order valence-electron chi connectivity index (χ4n) is 3.03. The average molecular weight is 467 g/mol. The molecular weight excluding hydrogens is 448 g/mol. The number of carbonyl (C=O) groups is 1. The first-order valence-electron chi connectivity index (χ1n) is 9.42. The Hall–Kier alpha value is -3.26. The van der Waals surface area contributed by atoms with E-state index in [9.17, 15) is 9.59 Å². The van der Waals surface area contributed by atoms with Gasteiger partial charge in [0.2, 0.25) is 11.8 Å². The second-order valence-electron chi connectivity index (χ2n) is 6.95. The molecule has 2 aromatic heterocycles. The van der Waals surface area contributed by atoms with E-state index in [4.69, 9.17) is 4.42 Å². The monoisotopic (exact) mass is 466 g/mol. The van der Waals surface area contributed by atoms with Gasteiger partial charge in [0.25, 0.3) is 5.56 Å². The van der Waals surface area contributed by atoms with E-state index in [-0.39, 0.29) is 18.0 Å². The summed E-state index contributed by atoms with van der Waals surface area (Å²) in [6.45, 7) is 2.32. The predicted octanol–water partition coefficient (Wildman–Crippen LogP) is 3.48. The number of nitrogens with one attached hydrogen (secondary N) is 1. The number of nitrogens with zero attached hydrogens (tertiary/aromatic N) is 3. The van der Waals surface area contributed by atoms with E-state index in [0.717, 1.165) is 15.7 Å². The van der Waals surface area contributed by atoms with Gasteiger partial charge >= 0.3 is 0 Å². The number of amides is 1. The molecular formula is C22H19BrN4O3. The largest absolute Gasteiger partial charge is 0.444 e. The van der Waals surface area contributed by atoms with E-state index in [2.05, 4.69) is 31.2 Å². The molecule has 4 aromatic rings. The molecule has 0 aliphatic rings. The first-order chi connectivity index (χ1) is 14.5. The highest BCUT2D eigenvalue weighted by Gasteiger charge is 2.10. The van der Waals surface area contributed by atoms with E-state index in [0.29, 0.717) is 29.8 Å². The molecule has 0 spiro atoms. The van der Waals surface area contributed by atoms with E-state index in [1.165, 1.54) is 16.5 Å². The number of fused-ring (bicyclic) bond motifs is 1. The molecule has 7 nitrogen and oxygen atoms in total. The molecule has 2 aromatic carbocycles. The van der Waals surface area contributed by atoms with Crippen molar-refractivity contribution >= 4 is 32.7 Å². The van der Waals surface area contributed by atoms with Crippen LogP contribution in [0, 0.1) is 6.92 Å². The first kappa shape index (κ1) is 20.0. The summed E-state index contributed by atoms with van der Waals surface area (Å²) in [6, 6.07) is 13.2. The Morgan fingerprint density at radius 2 is 2.00 bits per heavy atom. The number of rotatable bonds is 6. The Morgan fingerprint density at radius 3 is 2.80 bits per heavy atom. The number of carbonyl (C=O) groups excluding carboxylic acids is 1. The molecule has 0 saturated heterocycles. The zero-order valence-corrected chi connectivity index (χ0v) is 17.8.